The van der Waals surface area contributed by atoms with Crippen molar-refractivity contribution in [1.82, 2.24) is 15.1 Å². The maximum Gasteiger partial charge on any atom is 0.255 e. The Bertz CT molecular complexity index is 1090. The summed E-state index contributed by atoms with van der Waals surface area (Å²) >= 11 is 3.50. The van der Waals surface area contributed by atoms with Crippen LogP contribution in [0.3, 0.4) is 0 Å². The van der Waals surface area contributed by atoms with E-state index in [0.29, 0.717) is 17.8 Å². The lowest BCUT2D eigenvalue weighted by Crippen LogP contribution is -2.23. The fourth-order valence-electron chi connectivity index (χ4n) is 2.98. The molecule has 4 rings (SSSR count). The van der Waals surface area contributed by atoms with Crippen LogP contribution >= 0.6 is 15.9 Å². The number of amides is 1. The minimum absolute atomic E-state index is 0.152. The average Bonchev–Trinajstić information content (AvgIpc) is 3.19. The Hall–Kier alpha value is -3.18. The van der Waals surface area contributed by atoms with Crippen molar-refractivity contribution in [2.24, 2.45) is 0 Å². The highest BCUT2D eigenvalue weighted by Crippen LogP contribution is 2.26. The first kappa shape index (κ1) is 18.2. The van der Waals surface area contributed by atoms with Gasteiger partial charge in [0.1, 0.15) is 5.69 Å². The summed E-state index contributed by atoms with van der Waals surface area (Å²) in [5.41, 5.74) is 4.03. The van der Waals surface area contributed by atoms with Crippen molar-refractivity contribution < 1.29 is 4.79 Å². The van der Waals surface area contributed by atoms with Crippen molar-refractivity contribution in [3.05, 3.63) is 107 Å². The summed E-state index contributed by atoms with van der Waals surface area (Å²) in [6.45, 7) is 0.466. The molecule has 0 saturated carbocycles. The number of carbonyl (C=O) groups is 1. The lowest BCUT2D eigenvalue weighted by atomic mass is 10.1. The molecular formula is C23H18BrN3O. The van der Waals surface area contributed by atoms with Crippen LogP contribution in [-0.4, -0.2) is 15.7 Å². The number of rotatable bonds is 5. The van der Waals surface area contributed by atoms with Crippen LogP contribution in [0.2, 0.25) is 0 Å². The van der Waals surface area contributed by atoms with Crippen molar-refractivity contribution in [1.29, 1.82) is 0 Å². The molecule has 0 spiro atoms. The van der Waals surface area contributed by atoms with E-state index in [2.05, 4.69) is 21.2 Å². The quantitative estimate of drug-likeness (QED) is 0.470. The van der Waals surface area contributed by atoms with E-state index in [4.69, 9.17) is 5.10 Å². The summed E-state index contributed by atoms with van der Waals surface area (Å²) in [7, 11) is 0. The molecule has 0 unspecified atom stereocenters. The van der Waals surface area contributed by atoms with E-state index in [9.17, 15) is 4.79 Å². The van der Waals surface area contributed by atoms with Gasteiger partial charge in [0, 0.05) is 22.8 Å². The van der Waals surface area contributed by atoms with Crippen LogP contribution in [0.5, 0.6) is 0 Å². The molecule has 0 atom stereocenters. The van der Waals surface area contributed by atoms with E-state index in [-0.39, 0.29) is 5.91 Å². The molecule has 138 valence electrons. The number of hydrogen-bond acceptors (Lipinski definition) is 2. The summed E-state index contributed by atoms with van der Waals surface area (Å²) in [4.78, 5) is 13.0. The zero-order valence-corrected chi connectivity index (χ0v) is 16.6. The van der Waals surface area contributed by atoms with Gasteiger partial charge in [0.15, 0.2) is 0 Å². The third-order valence-electron chi connectivity index (χ3n) is 4.37. The highest BCUT2D eigenvalue weighted by Gasteiger charge is 2.18. The average molecular weight is 432 g/mol. The number of aromatic nitrogens is 2. The summed E-state index contributed by atoms with van der Waals surface area (Å²) in [6, 6.07) is 27.4. The Morgan fingerprint density at radius 2 is 1.64 bits per heavy atom. The number of nitrogens with zero attached hydrogens (tertiary/aromatic N) is 2. The van der Waals surface area contributed by atoms with E-state index in [1.165, 1.54) is 0 Å². The molecule has 1 N–H and O–H groups in total. The molecule has 4 nitrogen and oxygen atoms in total. The predicted octanol–water partition coefficient (Wildman–Crippen LogP) is 5.23. The van der Waals surface area contributed by atoms with Crippen molar-refractivity contribution >= 4 is 21.8 Å². The fourth-order valence-corrected chi connectivity index (χ4v) is 3.37. The predicted molar refractivity (Wildman–Crippen MR) is 114 cm³/mol. The van der Waals surface area contributed by atoms with Crippen molar-refractivity contribution in [3.63, 3.8) is 0 Å². The molecule has 0 fully saturated rings. The maximum atomic E-state index is 13.0. The highest BCUT2D eigenvalue weighted by molar-refractivity contribution is 9.10. The van der Waals surface area contributed by atoms with Gasteiger partial charge in [-0.15, -0.1) is 0 Å². The molecule has 0 aliphatic heterocycles. The maximum absolute atomic E-state index is 13.0. The third kappa shape index (κ3) is 4.05. The molecule has 0 aliphatic rings. The number of para-hydroxylation sites is 1. The Morgan fingerprint density at radius 1 is 0.929 bits per heavy atom. The molecule has 0 saturated heterocycles. The fraction of sp³-hybridized carbons (Fsp3) is 0.0435. The van der Waals surface area contributed by atoms with Crippen LogP contribution < -0.4 is 5.32 Å². The van der Waals surface area contributed by atoms with Gasteiger partial charge in [-0.3, -0.25) is 4.79 Å². The van der Waals surface area contributed by atoms with Crippen LogP contribution in [0, 0.1) is 0 Å². The summed E-state index contributed by atoms with van der Waals surface area (Å²) in [6.07, 6.45) is 1.78. The Balaban J connectivity index is 1.70. The Morgan fingerprint density at radius 3 is 2.36 bits per heavy atom. The van der Waals surface area contributed by atoms with E-state index >= 15 is 0 Å². The monoisotopic (exact) mass is 431 g/mol. The van der Waals surface area contributed by atoms with Gasteiger partial charge in [-0.25, -0.2) is 4.68 Å². The molecule has 5 heteroatoms. The van der Waals surface area contributed by atoms with Crippen molar-refractivity contribution in [3.8, 4) is 16.9 Å². The number of benzene rings is 3. The third-order valence-corrected chi connectivity index (χ3v) is 4.87. The molecule has 28 heavy (non-hydrogen) atoms. The van der Waals surface area contributed by atoms with Gasteiger partial charge in [0.2, 0.25) is 0 Å². The van der Waals surface area contributed by atoms with Crippen LogP contribution in [-0.2, 0) is 6.54 Å². The highest BCUT2D eigenvalue weighted by atomic mass is 79.9. The van der Waals surface area contributed by atoms with Gasteiger partial charge >= 0.3 is 0 Å². The van der Waals surface area contributed by atoms with E-state index in [1.807, 2.05) is 84.9 Å². The standard InChI is InChI=1S/C23H18BrN3O/c24-19-11-7-10-18(14-19)22-21(16-27(26-22)20-12-5-2-6-13-20)23(28)25-15-17-8-3-1-4-9-17/h1-14,16H,15H2,(H,25,28). The van der Waals surface area contributed by atoms with Crippen LogP contribution in [0.1, 0.15) is 15.9 Å². The van der Waals surface area contributed by atoms with Crippen LogP contribution in [0.15, 0.2) is 95.6 Å². The molecule has 1 aromatic heterocycles. The molecular weight excluding hydrogens is 414 g/mol. The zero-order chi connectivity index (χ0) is 19.3. The minimum Gasteiger partial charge on any atom is -0.348 e. The Kier molecular flexibility index (Phi) is 5.35. The molecule has 0 aliphatic carbocycles. The second-order valence-electron chi connectivity index (χ2n) is 6.35. The molecule has 3 aromatic carbocycles. The van der Waals surface area contributed by atoms with Gasteiger partial charge in [-0.1, -0.05) is 76.6 Å². The minimum atomic E-state index is -0.152. The van der Waals surface area contributed by atoms with Gasteiger partial charge in [0.05, 0.1) is 11.3 Å². The van der Waals surface area contributed by atoms with E-state index < -0.39 is 0 Å². The van der Waals surface area contributed by atoms with E-state index in [1.54, 1.807) is 10.9 Å². The summed E-state index contributed by atoms with van der Waals surface area (Å²) in [5, 5.41) is 7.70. The number of carbonyl (C=O) groups excluding carboxylic acids is 1. The largest absolute Gasteiger partial charge is 0.348 e. The number of halogens is 1. The first-order valence-electron chi connectivity index (χ1n) is 8.94. The number of hydrogen-bond donors (Lipinski definition) is 1. The van der Waals surface area contributed by atoms with E-state index in [0.717, 1.165) is 21.3 Å². The van der Waals surface area contributed by atoms with Crippen LogP contribution in [0.4, 0.5) is 0 Å². The first-order chi connectivity index (χ1) is 13.7. The van der Waals surface area contributed by atoms with Gasteiger partial charge in [0.25, 0.3) is 5.91 Å². The second kappa shape index (κ2) is 8.23. The van der Waals surface area contributed by atoms with Gasteiger partial charge in [-0.05, 0) is 29.8 Å². The molecule has 0 radical (unpaired) electrons. The SMILES string of the molecule is O=C(NCc1ccccc1)c1cn(-c2ccccc2)nc1-c1cccc(Br)c1. The lowest BCUT2D eigenvalue weighted by molar-refractivity contribution is 0.0951. The van der Waals surface area contributed by atoms with Gasteiger partial charge < -0.3 is 5.32 Å². The summed E-state index contributed by atoms with van der Waals surface area (Å²) in [5.74, 6) is -0.152. The lowest BCUT2D eigenvalue weighted by Gasteiger charge is -2.06. The first-order valence-corrected chi connectivity index (χ1v) is 9.73. The van der Waals surface area contributed by atoms with Crippen molar-refractivity contribution in [2.75, 3.05) is 0 Å². The summed E-state index contributed by atoms with van der Waals surface area (Å²) < 4.78 is 2.68. The number of nitrogens with one attached hydrogen (secondary N) is 1. The molecule has 0 bridgehead atoms. The smallest absolute Gasteiger partial charge is 0.255 e. The Labute approximate surface area is 172 Å². The van der Waals surface area contributed by atoms with Gasteiger partial charge in [-0.2, -0.15) is 5.10 Å². The normalized spacial score (nSPS) is 10.6. The molecule has 1 heterocycles. The molecule has 1 amide bonds. The zero-order valence-electron chi connectivity index (χ0n) is 15.0. The van der Waals surface area contributed by atoms with Crippen molar-refractivity contribution in [2.45, 2.75) is 6.54 Å². The van der Waals surface area contributed by atoms with Crippen LogP contribution in [0.25, 0.3) is 16.9 Å². The topological polar surface area (TPSA) is 46.9 Å². The molecule has 4 aromatic rings. The second-order valence-corrected chi connectivity index (χ2v) is 7.27.